The molecule has 3 N–H and O–H groups in total. The molecule has 0 aromatic carbocycles. The second-order valence-electron chi connectivity index (χ2n) is 3.98. The number of nitrogens with two attached hydrogens (primary N) is 1. The van der Waals surface area contributed by atoms with Crippen molar-refractivity contribution in [2.24, 2.45) is 5.73 Å². The van der Waals surface area contributed by atoms with Crippen molar-refractivity contribution in [2.45, 2.75) is 56.7 Å². The number of carboxylic acids is 1. The summed E-state index contributed by atoms with van der Waals surface area (Å²) < 4.78 is -0.598. The van der Waals surface area contributed by atoms with Crippen LogP contribution in [0.3, 0.4) is 0 Å². The van der Waals surface area contributed by atoms with Crippen LogP contribution in [0.2, 0.25) is 0 Å². The van der Waals surface area contributed by atoms with Gasteiger partial charge in [-0.2, -0.15) is 12.6 Å². The molecule has 0 aromatic heterocycles. The maximum absolute atomic E-state index is 10.7. The van der Waals surface area contributed by atoms with E-state index in [-0.39, 0.29) is 0 Å². The smallest absolute Gasteiger partial charge is 0.321 e. The third kappa shape index (κ3) is 4.86. The summed E-state index contributed by atoms with van der Waals surface area (Å²) in [6.07, 6.45) is 5.23. The Labute approximate surface area is 91.5 Å². The van der Waals surface area contributed by atoms with Gasteiger partial charge in [0.15, 0.2) is 0 Å². The third-order valence-electron chi connectivity index (χ3n) is 2.47. The van der Waals surface area contributed by atoms with Crippen LogP contribution >= 0.6 is 12.6 Å². The number of unbranched alkanes of at least 4 members (excludes halogenated alkanes) is 3. The summed E-state index contributed by atoms with van der Waals surface area (Å²) in [5, 5.41) is 8.75. The number of carbonyl (C=O) groups is 1. The van der Waals surface area contributed by atoms with Crippen molar-refractivity contribution in [1.82, 2.24) is 0 Å². The van der Waals surface area contributed by atoms with Gasteiger partial charge >= 0.3 is 5.97 Å². The van der Waals surface area contributed by atoms with Crippen molar-refractivity contribution in [3.63, 3.8) is 0 Å². The number of thiol groups is 1. The molecule has 0 amide bonds. The van der Waals surface area contributed by atoms with Gasteiger partial charge in [0.1, 0.15) is 6.04 Å². The minimum Gasteiger partial charge on any atom is -0.480 e. The minimum atomic E-state index is -0.974. The monoisotopic (exact) mass is 219 g/mol. The van der Waals surface area contributed by atoms with Gasteiger partial charge in [-0.1, -0.05) is 32.6 Å². The van der Waals surface area contributed by atoms with E-state index in [9.17, 15) is 4.79 Å². The van der Waals surface area contributed by atoms with E-state index in [0.29, 0.717) is 0 Å². The van der Waals surface area contributed by atoms with Gasteiger partial charge in [0.2, 0.25) is 0 Å². The van der Waals surface area contributed by atoms with E-state index < -0.39 is 16.8 Å². The van der Waals surface area contributed by atoms with E-state index in [0.717, 1.165) is 19.3 Å². The first-order chi connectivity index (χ1) is 6.41. The molecule has 14 heavy (non-hydrogen) atoms. The Bertz CT molecular complexity index is 183. The SMILES string of the molecule is CCCCCCC(C)(S)C(N)C(=O)O. The van der Waals surface area contributed by atoms with Gasteiger partial charge in [0, 0.05) is 4.75 Å². The lowest BCUT2D eigenvalue weighted by Gasteiger charge is -2.27. The molecule has 2 atom stereocenters. The fourth-order valence-corrected chi connectivity index (χ4v) is 1.60. The lowest BCUT2D eigenvalue weighted by atomic mass is 9.94. The molecule has 4 heteroatoms. The molecule has 0 saturated heterocycles. The molecular weight excluding hydrogens is 198 g/mol. The van der Waals surface area contributed by atoms with Crippen LogP contribution in [0.5, 0.6) is 0 Å². The highest BCUT2D eigenvalue weighted by Crippen LogP contribution is 2.25. The molecule has 0 saturated carbocycles. The third-order valence-corrected chi connectivity index (χ3v) is 2.97. The summed E-state index contributed by atoms with van der Waals surface area (Å²) >= 11 is 4.32. The second-order valence-corrected chi connectivity index (χ2v) is 5.01. The van der Waals surface area contributed by atoms with E-state index in [4.69, 9.17) is 10.8 Å². The van der Waals surface area contributed by atoms with Gasteiger partial charge in [-0.3, -0.25) is 4.79 Å². The Kier molecular flexibility index (Phi) is 6.20. The zero-order valence-electron chi connectivity index (χ0n) is 8.99. The standard InChI is InChI=1S/C10H21NO2S/c1-3-4-5-6-7-10(2,14)8(11)9(12)13/h8,14H,3-7,11H2,1-2H3,(H,12,13). The number of aliphatic carboxylic acids is 1. The first kappa shape index (κ1) is 13.8. The maximum atomic E-state index is 10.7. The van der Waals surface area contributed by atoms with Crippen molar-refractivity contribution >= 4 is 18.6 Å². The van der Waals surface area contributed by atoms with Crippen LogP contribution in [0, 0.1) is 0 Å². The molecule has 0 heterocycles. The molecule has 0 aromatic rings. The van der Waals surface area contributed by atoms with Crippen LogP contribution in [-0.2, 0) is 4.79 Å². The zero-order valence-corrected chi connectivity index (χ0v) is 9.89. The fraction of sp³-hybridized carbons (Fsp3) is 0.900. The van der Waals surface area contributed by atoms with Crippen molar-refractivity contribution in [1.29, 1.82) is 0 Å². The van der Waals surface area contributed by atoms with Crippen molar-refractivity contribution in [3.8, 4) is 0 Å². The predicted molar refractivity (Wildman–Crippen MR) is 61.8 cm³/mol. The second kappa shape index (κ2) is 6.30. The fourth-order valence-electron chi connectivity index (χ4n) is 1.33. The van der Waals surface area contributed by atoms with Crippen LogP contribution in [0.1, 0.15) is 46.0 Å². The number of hydrogen-bond donors (Lipinski definition) is 3. The Morgan fingerprint density at radius 3 is 2.50 bits per heavy atom. The molecule has 84 valence electrons. The van der Waals surface area contributed by atoms with Crippen LogP contribution in [0.15, 0.2) is 0 Å². The lowest BCUT2D eigenvalue weighted by molar-refractivity contribution is -0.139. The molecule has 0 aliphatic rings. The summed E-state index contributed by atoms with van der Waals surface area (Å²) in [5.74, 6) is -0.974. The lowest BCUT2D eigenvalue weighted by Crippen LogP contribution is -2.47. The van der Waals surface area contributed by atoms with Gasteiger partial charge in [-0.05, 0) is 13.3 Å². The molecule has 0 bridgehead atoms. The van der Waals surface area contributed by atoms with Gasteiger partial charge in [-0.15, -0.1) is 0 Å². The van der Waals surface area contributed by atoms with Gasteiger partial charge in [0.25, 0.3) is 0 Å². The van der Waals surface area contributed by atoms with E-state index in [1.54, 1.807) is 6.92 Å². The van der Waals surface area contributed by atoms with E-state index >= 15 is 0 Å². The summed E-state index contributed by atoms with van der Waals surface area (Å²) in [5.41, 5.74) is 5.53. The van der Waals surface area contributed by atoms with Crippen LogP contribution < -0.4 is 5.73 Å². The van der Waals surface area contributed by atoms with Gasteiger partial charge in [0.05, 0.1) is 0 Å². The number of carboxylic acid groups (broad SMARTS) is 1. The number of hydrogen-bond acceptors (Lipinski definition) is 3. The number of rotatable bonds is 7. The molecule has 3 nitrogen and oxygen atoms in total. The van der Waals surface area contributed by atoms with E-state index in [1.165, 1.54) is 12.8 Å². The Morgan fingerprint density at radius 1 is 1.50 bits per heavy atom. The molecule has 0 fully saturated rings. The topological polar surface area (TPSA) is 63.3 Å². The predicted octanol–water partition coefficient (Wildman–Crippen LogP) is 2.06. The van der Waals surface area contributed by atoms with E-state index in [2.05, 4.69) is 19.6 Å². The Morgan fingerprint density at radius 2 is 2.07 bits per heavy atom. The van der Waals surface area contributed by atoms with E-state index in [1.807, 2.05) is 0 Å². The van der Waals surface area contributed by atoms with Crippen molar-refractivity contribution in [2.75, 3.05) is 0 Å². The minimum absolute atomic E-state index is 0.598. The summed E-state index contributed by atoms with van der Waals surface area (Å²) in [7, 11) is 0. The normalized spacial score (nSPS) is 17.4. The summed E-state index contributed by atoms with van der Waals surface area (Å²) in [6, 6.07) is -0.882. The molecule has 0 spiro atoms. The van der Waals surface area contributed by atoms with Crippen LogP contribution in [-0.4, -0.2) is 21.9 Å². The Hall–Kier alpha value is -0.220. The molecule has 0 aliphatic heterocycles. The first-order valence-corrected chi connectivity index (χ1v) is 5.57. The average molecular weight is 219 g/mol. The van der Waals surface area contributed by atoms with Gasteiger partial charge < -0.3 is 10.8 Å². The quantitative estimate of drug-likeness (QED) is 0.453. The molecular formula is C10H21NO2S. The summed E-state index contributed by atoms with van der Waals surface area (Å²) in [6.45, 7) is 3.93. The average Bonchev–Trinajstić information content (AvgIpc) is 2.11. The molecule has 0 rings (SSSR count). The molecule has 0 radical (unpaired) electrons. The molecule has 0 aliphatic carbocycles. The summed E-state index contributed by atoms with van der Waals surface area (Å²) in [4.78, 5) is 10.7. The van der Waals surface area contributed by atoms with Crippen LogP contribution in [0.25, 0.3) is 0 Å². The van der Waals surface area contributed by atoms with Crippen LogP contribution in [0.4, 0.5) is 0 Å². The first-order valence-electron chi connectivity index (χ1n) is 5.12. The maximum Gasteiger partial charge on any atom is 0.321 e. The Balaban J connectivity index is 3.88. The highest BCUT2D eigenvalue weighted by Gasteiger charge is 2.32. The van der Waals surface area contributed by atoms with Crippen molar-refractivity contribution < 1.29 is 9.90 Å². The highest BCUT2D eigenvalue weighted by atomic mass is 32.1. The van der Waals surface area contributed by atoms with Gasteiger partial charge in [-0.25, -0.2) is 0 Å². The highest BCUT2D eigenvalue weighted by molar-refractivity contribution is 7.81. The largest absolute Gasteiger partial charge is 0.480 e. The van der Waals surface area contributed by atoms with Crippen molar-refractivity contribution in [3.05, 3.63) is 0 Å². The molecule has 2 unspecified atom stereocenters. The zero-order chi connectivity index (χ0) is 11.2.